The normalized spacial score (nSPS) is 21.3. The fraction of sp³-hybridized carbons (Fsp3) is 0.412. The molecule has 0 aromatic heterocycles. The number of para-hydroxylation sites is 1. The third kappa shape index (κ3) is 2.86. The number of carbonyl (C=O) groups is 1. The molecule has 4 nitrogen and oxygen atoms in total. The number of hydrogen-bond donors (Lipinski definition) is 1. The van der Waals surface area contributed by atoms with Gasteiger partial charge in [-0.25, -0.2) is 0 Å². The zero-order valence-electron chi connectivity index (χ0n) is 12.7. The summed E-state index contributed by atoms with van der Waals surface area (Å²) in [5, 5.41) is 3.59. The van der Waals surface area contributed by atoms with Gasteiger partial charge in [0, 0.05) is 11.6 Å². The number of nitrogens with zero attached hydrogens (tertiary/aromatic N) is 1. The van der Waals surface area contributed by atoms with Gasteiger partial charge in [0.1, 0.15) is 11.4 Å². The molecule has 1 aliphatic heterocycles. The Labute approximate surface area is 136 Å². The molecule has 1 N–H and O–H groups in total. The second-order valence-electron chi connectivity index (χ2n) is 5.70. The Kier molecular flexibility index (Phi) is 4.43. The number of hydrogen-bond acceptors (Lipinski definition) is 3. The maximum atomic E-state index is 12.7. The molecule has 0 bridgehead atoms. The summed E-state index contributed by atoms with van der Waals surface area (Å²) in [6, 6.07) is 7.87. The van der Waals surface area contributed by atoms with E-state index in [2.05, 4.69) is 5.32 Å². The second-order valence-corrected chi connectivity index (χ2v) is 6.08. The van der Waals surface area contributed by atoms with Crippen LogP contribution in [-0.2, 0) is 4.79 Å². The Bertz CT molecular complexity index is 621. The van der Waals surface area contributed by atoms with Crippen molar-refractivity contribution in [1.82, 2.24) is 10.2 Å². The lowest BCUT2D eigenvalue weighted by molar-refractivity contribution is -0.124. The molecule has 0 radical (unpaired) electrons. The summed E-state index contributed by atoms with van der Waals surface area (Å²) in [6.45, 7) is 0. The number of thiocarbonyl (C=S) groups is 1. The van der Waals surface area contributed by atoms with E-state index in [0.29, 0.717) is 10.8 Å². The van der Waals surface area contributed by atoms with Crippen LogP contribution < -0.4 is 10.1 Å². The molecule has 1 heterocycles. The molecule has 1 aromatic rings. The van der Waals surface area contributed by atoms with Crippen molar-refractivity contribution in [3.8, 4) is 5.75 Å². The molecule has 116 valence electrons. The Morgan fingerprint density at radius 2 is 2.00 bits per heavy atom. The highest BCUT2D eigenvalue weighted by atomic mass is 32.1. The Morgan fingerprint density at radius 3 is 2.73 bits per heavy atom. The first-order chi connectivity index (χ1) is 10.7. The number of carbonyl (C=O) groups excluding carboxylic acids is 1. The van der Waals surface area contributed by atoms with Crippen LogP contribution in [0, 0.1) is 0 Å². The third-order valence-corrected chi connectivity index (χ3v) is 4.59. The number of rotatable bonds is 3. The van der Waals surface area contributed by atoms with Gasteiger partial charge in [0.2, 0.25) is 0 Å². The summed E-state index contributed by atoms with van der Waals surface area (Å²) < 4.78 is 5.33. The number of nitrogens with one attached hydrogen (secondary N) is 1. The zero-order chi connectivity index (χ0) is 15.5. The van der Waals surface area contributed by atoms with Crippen molar-refractivity contribution in [3.63, 3.8) is 0 Å². The van der Waals surface area contributed by atoms with Gasteiger partial charge in [0.25, 0.3) is 5.91 Å². The van der Waals surface area contributed by atoms with Crippen LogP contribution in [0.2, 0.25) is 0 Å². The van der Waals surface area contributed by atoms with Gasteiger partial charge in [0.15, 0.2) is 5.11 Å². The van der Waals surface area contributed by atoms with Gasteiger partial charge in [-0.2, -0.15) is 0 Å². The van der Waals surface area contributed by atoms with E-state index in [1.54, 1.807) is 12.0 Å². The number of amides is 1. The lowest BCUT2D eigenvalue weighted by Gasteiger charge is -2.29. The van der Waals surface area contributed by atoms with Crippen LogP contribution in [0.3, 0.4) is 0 Å². The summed E-state index contributed by atoms with van der Waals surface area (Å²) in [6.07, 6.45) is 7.48. The van der Waals surface area contributed by atoms with E-state index < -0.39 is 0 Å². The SMILES string of the molecule is COc1ccccc1/C=C1\NC(=S)N(C2CCCCC2)C1=O. The fourth-order valence-electron chi connectivity index (χ4n) is 3.16. The van der Waals surface area contributed by atoms with Gasteiger partial charge in [-0.1, -0.05) is 37.5 Å². The smallest absolute Gasteiger partial charge is 0.276 e. The molecule has 0 spiro atoms. The standard InChI is InChI=1S/C17H20N2O2S/c1-21-15-10-6-5-7-12(15)11-14-16(20)19(17(22)18-14)13-8-3-2-4-9-13/h5-7,10-11,13H,2-4,8-9H2,1H3,(H,18,22)/b14-11-. The van der Waals surface area contributed by atoms with Gasteiger partial charge in [-0.15, -0.1) is 0 Å². The summed E-state index contributed by atoms with van der Waals surface area (Å²) in [4.78, 5) is 14.4. The molecule has 22 heavy (non-hydrogen) atoms. The first-order valence-electron chi connectivity index (χ1n) is 7.70. The van der Waals surface area contributed by atoms with Gasteiger partial charge in [-0.3, -0.25) is 9.69 Å². The first-order valence-corrected chi connectivity index (χ1v) is 8.11. The van der Waals surface area contributed by atoms with Crippen LogP contribution in [0.5, 0.6) is 5.75 Å². The summed E-state index contributed by atoms with van der Waals surface area (Å²) in [7, 11) is 1.63. The molecule has 2 fully saturated rings. The van der Waals surface area contributed by atoms with Crippen molar-refractivity contribution in [2.45, 2.75) is 38.1 Å². The molecule has 1 saturated carbocycles. The van der Waals surface area contributed by atoms with Crippen molar-refractivity contribution in [3.05, 3.63) is 35.5 Å². The van der Waals surface area contributed by atoms with Crippen molar-refractivity contribution in [2.24, 2.45) is 0 Å². The molecule has 3 rings (SSSR count). The van der Waals surface area contributed by atoms with Gasteiger partial charge < -0.3 is 10.1 Å². The van der Waals surface area contributed by atoms with Gasteiger partial charge in [-0.05, 0) is 37.2 Å². The van der Waals surface area contributed by atoms with Crippen LogP contribution in [0.25, 0.3) is 6.08 Å². The van der Waals surface area contributed by atoms with Crippen molar-refractivity contribution in [2.75, 3.05) is 7.11 Å². The maximum absolute atomic E-state index is 12.7. The van der Waals surface area contributed by atoms with Crippen LogP contribution in [0.4, 0.5) is 0 Å². The van der Waals surface area contributed by atoms with Crippen LogP contribution in [0.15, 0.2) is 30.0 Å². The maximum Gasteiger partial charge on any atom is 0.276 e. The van der Waals surface area contributed by atoms with Crippen molar-refractivity contribution < 1.29 is 9.53 Å². The quantitative estimate of drug-likeness (QED) is 0.687. The third-order valence-electron chi connectivity index (χ3n) is 4.29. The van der Waals surface area contributed by atoms with Crippen LogP contribution in [-0.4, -0.2) is 29.1 Å². The molecule has 0 atom stereocenters. The molecule has 2 aliphatic rings. The Balaban J connectivity index is 1.85. The molecule has 1 saturated heterocycles. The number of methoxy groups -OCH3 is 1. The topological polar surface area (TPSA) is 41.6 Å². The predicted molar refractivity (Wildman–Crippen MR) is 90.4 cm³/mol. The average molecular weight is 316 g/mol. The fourth-order valence-corrected chi connectivity index (χ4v) is 3.50. The average Bonchev–Trinajstić information content (AvgIpc) is 2.83. The molecule has 1 aromatic carbocycles. The summed E-state index contributed by atoms with van der Waals surface area (Å²) >= 11 is 5.37. The number of ether oxygens (including phenoxy) is 1. The minimum atomic E-state index is -0.0252. The van der Waals surface area contributed by atoms with E-state index in [1.807, 2.05) is 30.3 Å². The molecular formula is C17H20N2O2S. The van der Waals surface area contributed by atoms with E-state index in [4.69, 9.17) is 17.0 Å². The predicted octanol–water partition coefficient (Wildman–Crippen LogP) is 3.09. The van der Waals surface area contributed by atoms with Crippen molar-refractivity contribution >= 4 is 29.3 Å². The summed E-state index contributed by atoms with van der Waals surface area (Å²) in [5.41, 5.74) is 1.40. The molecule has 0 unspecified atom stereocenters. The Hall–Kier alpha value is -1.88. The van der Waals surface area contributed by atoms with E-state index in [1.165, 1.54) is 19.3 Å². The van der Waals surface area contributed by atoms with Crippen LogP contribution in [0.1, 0.15) is 37.7 Å². The van der Waals surface area contributed by atoms with Crippen molar-refractivity contribution in [1.29, 1.82) is 0 Å². The highest BCUT2D eigenvalue weighted by molar-refractivity contribution is 7.80. The largest absolute Gasteiger partial charge is 0.496 e. The molecular weight excluding hydrogens is 296 g/mol. The highest BCUT2D eigenvalue weighted by Crippen LogP contribution is 2.28. The lowest BCUT2D eigenvalue weighted by atomic mass is 9.94. The van der Waals surface area contributed by atoms with Gasteiger partial charge >= 0.3 is 0 Å². The van der Waals surface area contributed by atoms with E-state index in [0.717, 1.165) is 24.2 Å². The Morgan fingerprint density at radius 1 is 1.27 bits per heavy atom. The molecule has 5 heteroatoms. The van der Waals surface area contributed by atoms with E-state index in [-0.39, 0.29) is 11.9 Å². The summed E-state index contributed by atoms with van der Waals surface area (Å²) in [5.74, 6) is 0.717. The van der Waals surface area contributed by atoms with Crippen LogP contribution >= 0.6 is 12.2 Å². The lowest BCUT2D eigenvalue weighted by Crippen LogP contribution is -2.41. The second kappa shape index (κ2) is 6.48. The zero-order valence-corrected chi connectivity index (χ0v) is 13.5. The number of benzene rings is 1. The molecule has 1 amide bonds. The molecule has 1 aliphatic carbocycles. The van der Waals surface area contributed by atoms with E-state index in [9.17, 15) is 4.79 Å². The highest BCUT2D eigenvalue weighted by Gasteiger charge is 2.36. The van der Waals surface area contributed by atoms with Gasteiger partial charge in [0.05, 0.1) is 7.11 Å². The monoisotopic (exact) mass is 316 g/mol. The van der Waals surface area contributed by atoms with E-state index >= 15 is 0 Å². The first kappa shape index (κ1) is 15.0. The minimum Gasteiger partial charge on any atom is -0.496 e. The minimum absolute atomic E-state index is 0.0252.